The van der Waals surface area contributed by atoms with Crippen LogP contribution in [0.1, 0.15) is 25.8 Å². The number of ether oxygens (including phenoxy) is 1. The number of esters is 1. The average molecular weight is 381 g/mol. The fourth-order valence-electron chi connectivity index (χ4n) is 2.46. The van der Waals surface area contributed by atoms with Crippen LogP contribution >= 0.6 is 0 Å². The molecule has 0 amide bonds. The molecule has 0 saturated heterocycles. The molecule has 0 radical (unpaired) electrons. The number of phenols is 1. The maximum absolute atomic E-state index is 12.1. The molecule has 0 aliphatic heterocycles. The van der Waals surface area contributed by atoms with Gasteiger partial charge in [0.05, 0.1) is 6.10 Å². The summed E-state index contributed by atoms with van der Waals surface area (Å²) in [5.74, 6) is -1.77. The molecule has 1 aromatic heterocycles. The third kappa shape index (κ3) is 4.20. The highest BCUT2D eigenvalue weighted by molar-refractivity contribution is 6.17. The summed E-state index contributed by atoms with van der Waals surface area (Å²) in [6.07, 6.45) is 1.49. The number of benzene rings is 2. The molecule has 0 bridgehead atoms. The number of aliphatic carboxylic acids is 1. The van der Waals surface area contributed by atoms with Gasteiger partial charge >= 0.3 is 11.9 Å². The van der Waals surface area contributed by atoms with Gasteiger partial charge in [-0.15, -0.1) is 0 Å². The second-order valence-electron chi connectivity index (χ2n) is 6.28. The van der Waals surface area contributed by atoms with Crippen molar-refractivity contribution in [3.05, 3.63) is 53.6 Å². The van der Waals surface area contributed by atoms with Crippen LogP contribution in [0.3, 0.4) is 0 Å². The van der Waals surface area contributed by atoms with Crippen molar-refractivity contribution in [1.29, 1.82) is 0 Å². The Morgan fingerprint density at radius 1 is 1.21 bits per heavy atom. The van der Waals surface area contributed by atoms with E-state index in [4.69, 9.17) is 9.15 Å². The molecule has 0 aliphatic rings. The summed E-state index contributed by atoms with van der Waals surface area (Å²) in [7, 11) is 0. The maximum atomic E-state index is 12.1. The van der Waals surface area contributed by atoms with Gasteiger partial charge in [-0.05, 0) is 49.2 Å². The number of phenolic OH excluding ortho intramolecular Hbond substituents is 1. The van der Waals surface area contributed by atoms with Crippen molar-refractivity contribution in [1.82, 2.24) is 4.98 Å². The predicted octanol–water partition coefficient (Wildman–Crippen LogP) is 4.01. The first kappa shape index (κ1) is 19.2. The van der Waals surface area contributed by atoms with Gasteiger partial charge in [-0.25, -0.2) is 14.6 Å². The van der Waals surface area contributed by atoms with E-state index in [1.165, 1.54) is 18.2 Å². The molecule has 7 nitrogen and oxygen atoms in total. The third-order valence-corrected chi connectivity index (χ3v) is 4.17. The number of oxazole rings is 1. The Labute approximate surface area is 160 Å². The molecule has 3 rings (SSSR count). The Kier molecular flexibility index (Phi) is 5.44. The number of hydrogen-bond acceptors (Lipinski definition) is 6. The summed E-state index contributed by atoms with van der Waals surface area (Å²) >= 11 is 0. The number of nitrogens with zero attached hydrogens (tertiary/aromatic N) is 1. The molecule has 1 unspecified atom stereocenters. The van der Waals surface area contributed by atoms with Crippen molar-refractivity contribution in [3.8, 4) is 17.2 Å². The lowest BCUT2D eigenvalue weighted by Gasteiger charge is -2.11. The molecule has 0 fully saturated rings. The standard InChI is InChI=1S/C21H19NO6/c1-3-12(2)27-21(26)16(20(24)25)10-13-4-6-14(7-5-13)19-22-17-9-8-15(23)11-18(17)28-19/h4-12,23H,3H2,1-2H3,(H,24,25). The van der Waals surface area contributed by atoms with Crippen LogP contribution in [0.4, 0.5) is 0 Å². The lowest BCUT2D eigenvalue weighted by atomic mass is 10.1. The van der Waals surface area contributed by atoms with Gasteiger partial charge in [0.2, 0.25) is 5.89 Å². The van der Waals surface area contributed by atoms with Crippen LogP contribution in [0.5, 0.6) is 5.75 Å². The summed E-state index contributed by atoms with van der Waals surface area (Å²) in [5, 5.41) is 18.8. The van der Waals surface area contributed by atoms with E-state index in [0.717, 1.165) is 0 Å². The molecule has 28 heavy (non-hydrogen) atoms. The maximum Gasteiger partial charge on any atom is 0.345 e. The zero-order valence-corrected chi connectivity index (χ0v) is 15.4. The van der Waals surface area contributed by atoms with Gasteiger partial charge < -0.3 is 19.4 Å². The number of carbonyl (C=O) groups excluding carboxylic acids is 1. The molecule has 144 valence electrons. The van der Waals surface area contributed by atoms with E-state index >= 15 is 0 Å². The van der Waals surface area contributed by atoms with Crippen molar-refractivity contribution in [3.63, 3.8) is 0 Å². The third-order valence-electron chi connectivity index (χ3n) is 4.17. The minimum atomic E-state index is -1.35. The molecule has 2 aromatic carbocycles. The smallest absolute Gasteiger partial charge is 0.345 e. The largest absolute Gasteiger partial charge is 0.508 e. The van der Waals surface area contributed by atoms with Crippen LogP contribution in [-0.2, 0) is 14.3 Å². The number of carboxylic acids is 1. The van der Waals surface area contributed by atoms with E-state index in [2.05, 4.69) is 4.98 Å². The van der Waals surface area contributed by atoms with Crippen molar-refractivity contribution in [2.75, 3.05) is 0 Å². The lowest BCUT2D eigenvalue weighted by molar-refractivity contribution is -0.147. The Bertz CT molecular complexity index is 1050. The van der Waals surface area contributed by atoms with E-state index in [9.17, 15) is 19.8 Å². The SMILES string of the molecule is CCC(C)OC(=O)C(=Cc1ccc(-c2nc3ccc(O)cc3o2)cc1)C(=O)O. The first-order valence-electron chi connectivity index (χ1n) is 8.73. The molecule has 0 aliphatic carbocycles. The number of carboxylic acid groups (broad SMARTS) is 1. The fraction of sp³-hybridized carbons (Fsp3) is 0.190. The molecule has 1 atom stereocenters. The van der Waals surface area contributed by atoms with Gasteiger partial charge in [0.15, 0.2) is 5.58 Å². The van der Waals surface area contributed by atoms with Gasteiger partial charge in [0, 0.05) is 11.6 Å². The van der Waals surface area contributed by atoms with Crippen LogP contribution < -0.4 is 0 Å². The number of carbonyl (C=O) groups is 2. The summed E-state index contributed by atoms with van der Waals surface area (Å²) in [6, 6.07) is 11.4. The van der Waals surface area contributed by atoms with E-state index in [-0.39, 0.29) is 11.9 Å². The summed E-state index contributed by atoms with van der Waals surface area (Å²) in [6.45, 7) is 3.54. The monoisotopic (exact) mass is 381 g/mol. The van der Waals surface area contributed by atoms with Crippen LogP contribution in [0, 0.1) is 0 Å². The molecular formula is C21H19NO6. The molecular weight excluding hydrogens is 362 g/mol. The fourth-order valence-corrected chi connectivity index (χ4v) is 2.46. The number of hydrogen-bond donors (Lipinski definition) is 2. The highest BCUT2D eigenvalue weighted by Gasteiger charge is 2.21. The van der Waals surface area contributed by atoms with Crippen LogP contribution in [-0.4, -0.2) is 33.2 Å². The average Bonchev–Trinajstić information content (AvgIpc) is 3.09. The second kappa shape index (κ2) is 7.96. The predicted molar refractivity (Wildman–Crippen MR) is 103 cm³/mol. The topological polar surface area (TPSA) is 110 Å². The van der Waals surface area contributed by atoms with Gasteiger partial charge in [-0.1, -0.05) is 19.1 Å². The summed E-state index contributed by atoms with van der Waals surface area (Å²) < 4.78 is 10.7. The normalized spacial score (nSPS) is 12.7. The number of aromatic nitrogens is 1. The van der Waals surface area contributed by atoms with Crippen LogP contribution in [0.15, 0.2) is 52.5 Å². The first-order valence-corrected chi connectivity index (χ1v) is 8.73. The molecule has 2 N–H and O–H groups in total. The molecule has 0 spiro atoms. The molecule has 3 aromatic rings. The van der Waals surface area contributed by atoms with Crippen molar-refractivity contribution >= 4 is 29.1 Å². The van der Waals surface area contributed by atoms with Crippen molar-refractivity contribution in [2.45, 2.75) is 26.4 Å². The highest BCUT2D eigenvalue weighted by atomic mass is 16.5. The summed E-state index contributed by atoms with van der Waals surface area (Å²) in [5.41, 5.74) is 1.82. The molecule has 7 heteroatoms. The lowest BCUT2D eigenvalue weighted by Crippen LogP contribution is -2.20. The first-order chi connectivity index (χ1) is 13.4. The number of aromatic hydroxyl groups is 1. The molecule has 0 saturated carbocycles. The quantitative estimate of drug-likeness (QED) is 0.287. The minimum Gasteiger partial charge on any atom is -0.508 e. The molecule has 1 heterocycles. The Hall–Kier alpha value is -3.61. The van der Waals surface area contributed by atoms with E-state index in [1.54, 1.807) is 37.3 Å². The zero-order valence-electron chi connectivity index (χ0n) is 15.4. The van der Waals surface area contributed by atoms with Crippen molar-refractivity contribution in [2.24, 2.45) is 0 Å². The second-order valence-corrected chi connectivity index (χ2v) is 6.28. The van der Waals surface area contributed by atoms with Gasteiger partial charge in [-0.2, -0.15) is 0 Å². The van der Waals surface area contributed by atoms with Gasteiger partial charge in [0.1, 0.15) is 16.8 Å². The van der Waals surface area contributed by atoms with E-state index in [0.29, 0.717) is 34.5 Å². The number of rotatable bonds is 6. The minimum absolute atomic E-state index is 0.0844. The highest BCUT2D eigenvalue weighted by Crippen LogP contribution is 2.27. The Balaban J connectivity index is 1.86. The van der Waals surface area contributed by atoms with Gasteiger partial charge in [0.25, 0.3) is 0 Å². The number of fused-ring (bicyclic) bond motifs is 1. The Morgan fingerprint density at radius 3 is 2.57 bits per heavy atom. The Morgan fingerprint density at radius 2 is 1.93 bits per heavy atom. The van der Waals surface area contributed by atoms with E-state index in [1.807, 2.05) is 6.92 Å². The van der Waals surface area contributed by atoms with Crippen molar-refractivity contribution < 1.29 is 29.0 Å². The van der Waals surface area contributed by atoms with E-state index < -0.39 is 17.5 Å². The van der Waals surface area contributed by atoms with Crippen LogP contribution in [0.25, 0.3) is 28.6 Å². The van der Waals surface area contributed by atoms with Crippen LogP contribution in [0.2, 0.25) is 0 Å². The summed E-state index contributed by atoms with van der Waals surface area (Å²) in [4.78, 5) is 27.8. The van der Waals surface area contributed by atoms with Gasteiger partial charge in [-0.3, -0.25) is 0 Å². The zero-order chi connectivity index (χ0) is 20.3.